The molecule has 202 valence electrons. The maximum atomic E-state index is 13.8. The quantitative estimate of drug-likeness (QED) is 0.301. The number of carbonyl (C=O) groups excluding carboxylic acids is 2. The lowest BCUT2D eigenvalue weighted by molar-refractivity contribution is -0.139. The number of hydrogen-bond acceptors (Lipinski definition) is 4. The first-order valence-electron chi connectivity index (χ1n) is 12.2. The van der Waals surface area contributed by atoms with E-state index in [-0.39, 0.29) is 23.4 Å². The number of sulfonamides is 1. The minimum atomic E-state index is -4.09. The predicted molar refractivity (Wildman–Crippen MR) is 154 cm³/mol. The molecule has 0 aromatic heterocycles. The number of rotatable bonds is 11. The highest BCUT2D eigenvalue weighted by atomic mass is 79.9. The number of halogens is 2. The van der Waals surface area contributed by atoms with Crippen LogP contribution in [0.2, 0.25) is 5.02 Å². The van der Waals surface area contributed by atoms with Crippen LogP contribution in [0.3, 0.4) is 0 Å². The van der Waals surface area contributed by atoms with Crippen molar-refractivity contribution in [1.82, 2.24) is 10.2 Å². The van der Waals surface area contributed by atoms with E-state index in [9.17, 15) is 18.0 Å². The third-order valence-electron chi connectivity index (χ3n) is 6.16. The topological polar surface area (TPSA) is 86.8 Å². The number of anilines is 1. The summed E-state index contributed by atoms with van der Waals surface area (Å²) in [6.45, 7) is 5.09. The second-order valence-corrected chi connectivity index (χ2v) is 12.2. The molecule has 10 heteroatoms. The Kier molecular flexibility index (Phi) is 10.4. The van der Waals surface area contributed by atoms with E-state index >= 15 is 0 Å². The Morgan fingerprint density at radius 1 is 0.947 bits per heavy atom. The molecule has 0 spiro atoms. The van der Waals surface area contributed by atoms with Crippen molar-refractivity contribution >= 4 is 55.1 Å². The zero-order chi connectivity index (χ0) is 27.9. The van der Waals surface area contributed by atoms with Gasteiger partial charge in [0.05, 0.1) is 10.6 Å². The average molecular weight is 621 g/mol. The van der Waals surface area contributed by atoms with Crippen LogP contribution in [0.15, 0.2) is 88.2 Å². The van der Waals surface area contributed by atoms with Crippen LogP contribution in [-0.2, 0) is 26.2 Å². The van der Waals surface area contributed by atoms with E-state index in [1.165, 1.54) is 17.0 Å². The van der Waals surface area contributed by atoms with Crippen molar-refractivity contribution in [3.63, 3.8) is 0 Å². The summed E-state index contributed by atoms with van der Waals surface area (Å²) in [7, 11) is -4.09. The Hall–Kier alpha value is -2.88. The number of amides is 2. The van der Waals surface area contributed by atoms with Gasteiger partial charge >= 0.3 is 0 Å². The van der Waals surface area contributed by atoms with Crippen LogP contribution in [0.25, 0.3) is 0 Å². The molecule has 3 aromatic carbocycles. The number of nitrogens with one attached hydrogen (secondary N) is 1. The second-order valence-electron chi connectivity index (χ2n) is 8.94. The molecule has 38 heavy (non-hydrogen) atoms. The molecule has 0 saturated carbocycles. The Balaban J connectivity index is 2.00. The van der Waals surface area contributed by atoms with Gasteiger partial charge < -0.3 is 10.2 Å². The van der Waals surface area contributed by atoms with E-state index < -0.39 is 28.5 Å². The van der Waals surface area contributed by atoms with Crippen molar-refractivity contribution in [2.75, 3.05) is 10.8 Å². The molecule has 0 fully saturated rings. The van der Waals surface area contributed by atoms with E-state index in [0.717, 1.165) is 20.8 Å². The molecule has 0 bridgehead atoms. The van der Waals surface area contributed by atoms with Gasteiger partial charge in [0.1, 0.15) is 12.6 Å². The standard InChI is InChI=1S/C28H31BrClN3O4S/c1-4-20(2)31-28(35)21(3)32(18-22-10-14-24(30)15-11-22)27(34)19-33(25-16-12-23(29)13-17-25)38(36,37)26-8-6-5-7-9-26/h5-17,20-21H,4,18-19H2,1-3H3,(H,31,35). The summed E-state index contributed by atoms with van der Waals surface area (Å²) >= 11 is 9.40. The summed E-state index contributed by atoms with van der Waals surface area (Å²) in [5.41, 5.74) is 1.08. The van der Waals surface area contributed by atoms with E-state index in [4.69, 9.17) is 11.6 Å². The van der Waals surface area contributed by atoms with Crippen molar-refractivity contribution in [3.05, 3.63) is 93.9 Å². The molecule has 2 amide bonds. The van der Waals surface area contributed by atoms with E-state index in [2.05, 4.69) is 21.2 Å². The van der Waals surface area contributed by atoms with Gasteiger partial charge in [-0.05, 0) is 74.4 Å². The lowest BCUT2D eigenvalue weighted by Gasteiger charge is -2.32. The summed E-state index contributed by atoms with van der Waals surface area (Å²) in [6, 6.07) is 20.7. The van der Waals surface area contributed by atoms with Gasteiger partial charge in [0.25, 0.3) is 10.0 Å². The molecule has 2 unspecified atom stereocenters. The van der Waals surface area contributed by atoms with E-state index in [1.54, 1.807) is 73.7 Å². The lowest BCUT2D eigenvalue weighted by Crippen LogP contribution is -2.52. The molecule has 2 atom stereocenters. The normalized spacial score (nSPS) is 12.9. The summed E-state index contributed by atoms with van der Waals surface area (Å²) in [6.07, 6.45) is 0.732. The number of hydrogen-bond donors (Lipinski definition) is 1. The monoisotopic (exact) mass is 619 g/mol. The van der Waals surface area contributed by atoms with Crippen LogP contribution in [-0.4, -0.2) is 43.8 Å². The molecule has 0 aliphatic heterocycles. The van der Waals surface area contributed by atoms with Crippen LogP contribution in [0.1, 0.15) is 32.8 Å². The minimum absolute atomic E-state index is 0.0579. The Labute approximate surface area is 238 Å². The summed E-state index contributed by atoms with van der Waals surface area (Å²) in [5, 5.41) is 3.46. The van der Waals surface area contributed by atoms with Crippen molar-refractivity contribution < 1.29 is 18.0 Å². The van der Waals surface area contributed by atoms with Gasteiger partial charge in [-0.2, -0.15) is 0 Å². The first-order valence-corrected chi connectivity index (χ1v) is 14.8. The van der Waals surface area contributed by atoms with Gasteiger partial charge in [0.2, 0.25) is 11.8 Å². The Bertz CT molecular complexity index is 1340. The highest BCUT2D eigenvalue weighted by Gasteiger charge is 2.32. The predicted octanol–water partition coefficient (Wildman–Crippen LogP) is 5.63. The molecular formula is C28H31BrClN3O4S. The van der Waals surface area contributed by atoms with Crippen molar-refractivity contribution in [2.24, 2.45) is 0 Å². The van der Waals surface area contributed by atoms with Gasteiger partial charge in [0.15, 0.2) is 0 Å². The number of benzene rings is 3. The molecule has 0 aliphatic rings. The van der Waals surface area contributed by atoms with Gasteiger partial charge in [-0.1, -0.05) is 64.8 Å². The summed E-state index contributed by atoms with van der Waals surface area (Å²) in [4.78, 5) is 28.4. The number of nitrogens with zero attached hydrogens (tertiary/aromatic N) is 2. The molecule has 3 aromatic rings. The van der Waals surface area contributed by atoms with Gasteiger partial charge in [-0.3, -0.25) is 13.9 Å². The fraction of sp³-hybridized carbons (Fsp3) is 0.286. The maximum absolute atomic E-state index is 13.8. The zero-order valence-corrected chi connectivity index (χ0v) is 24.6. The first kappa shape index (κ1) is 29.7. The highest BCUT2D eigenvalue weighted by molar-refractivity contribution is 9.10. The highest BCUT2D eigenvalue weighted by Crippen LogP contribution is 2.26. The molecule has 0 heterocycles. The van der Waals surface area contributed by atoms with Crippen LogP contribution in [0.4, 0.5) is 5.69 Å². The van der Waals surface area contributed by atoms with E-state index in [1.807, 2.05) is 13.8 Å². The van der Waals surface area contributed by atoms with Crippen LogP contribution >= 0.6 is 27.5 Å². The smallest absolute Gasteiger partial charge is 0.264 e. The van der Waals surface area contributed by atoms with Crippen LogP contribution in [0, 0.1) is 0 Å². The maximum Gasteiger partial charge on any atom is 0.264 e. The minimum Gasteiger partial charge on any atom is -0.352 e. The fourth-order valence-corrected chi connectivity index (χ4v) is 5.52. The van der Waals surface area contributed by atoms with Crippen molar-refractivity contribution in [2.45, 2.75) is 50.7 Å². The third-order valence-corrected chi connectivity index (χ3v) is 8.73. The van der Waals surface area contributed by atoms with Crippen LogP contribution in [0.5, 0.6) is 0 Å². The van der Waals surface area contributed by atoms with E-state index in [0.29, 0.717) is 10.7 Å². The summed E-state index contributed by atoms with van der Waals surface area (Å²) in [5.74, 6) is -0.836. The molecule has 3 rings (SSSR count). The Morgan fingerprint density at radius 3 is 2.13 bits per heavy atom. The van der Waals surface area contributed by atoms with Crippen molar-refractivity contribution in [1.29, 1.82) is 0 Å². The van der Waals surface area contributed by atoms with Gasteiger partial charge in [-0.25, -0.2) is 8.42 Å². The SMILES string of the molecule is CCC(C)NC(=O)C(C)N(Cc1ccc(Cl)cc1)C(=O)CN(c1ccc(Br)cc1)S(=O)(=O)c1ccccc1. The third kappa shape index (κ3) is 7.58. The van der Waals surface area contributed by atoms with Crippen molar-refractivity contribution in [3.8, 4) is 0 Å². The molecular weight excluding hydrogens is 590 g/mol. The molecule has 0 saturated heterocycles. The largest absolute Gasteiger partial charge is 0.352 e. The number of carbonyl (C=O) groups is 2. The average Bonchev–Trinajstić information content (AvgIpc) is 2.91. The molecule has 7 nitrogen and oxygen atoms in total. The second kappa shape index (κ2) is 13.3. The molecule has 1 N–H and O–H groups in total. The molecule has 0 aliphatic carbocycles. The lowest BCUT2D eigenvalue weighted by atomic mass is 10.1. The molecule has 0 radical (unpaired) electrons. The van der Waals surface area contributed by atoms with Crippen LogP contribution < -0.4 is 9.62 Å². The first-order chi connectivity index (χ1) is 18.0. The van der Waals surface area contributed by atoms with Gasteiger partial charge in [-0.15, -0.1) is 0 Å². The Morgan fingerprint density at radius 2 is 1.55 bits per heavy atom. The zero-order valence-electron chi connectivity index (χ0n) is 21.5. The van der Waals surface area contributed by atoms with Gasteiger partial charge in [0, 0.05) is 22.1 Å². The fourth-order valence-electron chi connectivity index (χ4n) is 3.69. The summed E-state index contributed by atoms with van der Waals surface area (Å²) < 4.78 is 29.3.